The summed E-state index contributed by atoms with van der Waals surface area (Å²) in [5.74, 6) is -0.522. The van der Waals surface area contributed by atoms with Gasteiger partial charge < -0.3 is 0 Å². The molecule has 0 heterocycles. The van der Waals surface area contributed by atoms with Crippen LogP contribution in [0.4, 0.5) is 4.39 Å². The maximum absolute atomic E-state index is 12.9. The Bertz CT molecular complexity index is 626. The number of carbonyl (C=O) groups is 1. The van der Waals surface area contributed by atoms with Crippen LogP contribution in [-0.4, -0.2) is 5.78 Å². The van der Waals surface area contributed by atoms with Gasteiger partial charge in [-0.05, 0) is 23.3 Å². The number of carbonyl (C=O) groups excluding carboxylic acids is 1. The van der Waals surface area contributed by atoms with Crippen LogP contribution in [0.1, 0.15) is 27.4 Å². The molecule has 0 saturated carbocycles. The molecule has 0 aromatic heterocycles. The summed E-state index contributed by atoms with van der Waals surface area (Å²) in [4.78, 5) is 12.4. The van der Waals surface area contributed by atoms with Crippen LogP contribution in [0.25, 0.3) is 6.08 Å². The number of Topliss-reactive ketones (excluding diaryl/α,β-unsaturated/α-hetero) is 1. The third-order valence-electron chi connectivity index (χ3n) is 3.21. The summed E-state index contributed by atoms with van der Waals surface area (Å²) in [6.07, 6.45) is 3.82. The van der Waals surface area contributed by atoms with E-state index in [0.29, 0.717) is 0 Å². The molecular weight excluding hydrogens is 227 g/mol. The lowest BCUT2D eigenvalue weighted by atomic mass is 9.84. The van der Waals surface area contributed by atoms with Crippen LogP contribution in [-0.2, 0) is 0 Å². The molecule has 1 aliphatic rings. The van der Waals surface area contributed by atoms with E-state index in [1.165, 1.54) is 12.1 Å². The summed E-state index contributed by atoms with van der Waals surface area (Å²) < 4.78 is 12.9. The summed E-state index contributed by atoms with van der Waals surface area (Å²) in [6.45, 7) is 0. The molecule has 18 heavy (non-hydrogen) atoms. The molecule has 1 aliphatic carbocycles. The number of benzene rings is 2. The maximum Gasteiger partial charge on any atom is 0.174 e. The van der Waals surface area contributed by atoms with E-state index in [1.54, 1.807) is 12.1 Å². The van der Waals surface area contributed by atoms with Crippen molar-refractivity contribution in [2.24, 2.45) is 0 Å². The van der Waals surface area contributed by atoms with E-state index < -0.39 is 0 Å². The Labute approximate surface area is 105 Å². The number of fused-ring (bicyclic) bond motifs is 1. The first-order valence-electron chi connectivity index (χ1n) is 5.82. The highest BCUT2D eigenvalue weighted by molar-refractivity contribution is 6.07. The van der Waals surface area contributed by atoms with Crippen molar-refractivity contribution in [3.8, 4) is 0 Å². The zero-order valence-electron chi connectivity index (χ0n) is 9.64. The SMILES string of the molecule is O=C1c2ccccc2C=CC1c1ccc(F)cc1. The van der Waals surface area contributed by atoms with Gasteiger partial charge in [0, 0.05) is 5.56 Å². The molecule has 0 radical (unpaired) electrons. The second-order valence-corrected chi connectivity index (χ2v) is 4.34. The van der Waals surface area contributed by atoms with Crippen molar-refractivity contribution in [3.63, 3.8) is 0 Å². The average molecular weight is 238 g/mol. The van der Waals surface area contributed by atoms with E-state index in [9.17, 15) is 9.18 Å². The highest BCUT2D eigenvalue weighted by Crippen LogP contribution is 2.29. The number of allylic oxidation sites excluding steroid dienone is 1. The number of rotatable bonds is 1. The molecule has 1 nitrogen and oxygen atoms in total. The highest BCUT2D eigenvalue weighted by atomic mass is 19.1. The molecule has 0 fully saturated rings. The minimum Gasteiger partial charge on any atom is -0.293 e. The van der Waals surface area contributed by atoms with Gasteiger partial charge in [-0.15, -0.1) is 0 Å². The standard InChI is InChI=1S/C16H11FO/c17-13-8-5-12(6-9-13)15-10-7-11-3-1-2-4-14(11)16(15)18/h1-10,15H. The van der Waals surface area contributed by atoms with Gasteiger partial charge in [0.2, 0.25) is 0 Å². The first-order chi connectivity index (χ1) is 8.75. The zero-order valence-corrected chi connectivity index (χ0v) is 9.64. The van der Waals surface area contributed by atoms with Crippen LogP contribution in [0, 0.1) is 5.82 Å². The lowest BCUT2D eigenvalue weighted by Crippen LogP contribution is -2.15. The zero-order chi connectivity index (χ0) is 12.5. The summed E-state index contributed by atoms with van der Waals surface area (Å²) in [7, 11) is 0. The predicted octanol–water partition coefficient (Wildman–Crippen LogP) is 3.82. The van der Waals surface area contributed by atoms with E-state index >= 15 is 0 Å². The van der Waals surface area contributed by atoms with Crippen LogP contribution in [0.3, 0.4) is 0 Å². The third kappa shape index (κ3) is 1.76. The lowest BCUT2D eigenvalue weighted by molar-refractivity contribution is 0.0975. The van der Waals surface area contributed by atoms with Crippen molar-refractivity contribution in [3.05, 3.63) is 77.1 Å². The van der Waals surface area contributed by atoms with Crippen LogP contribution in [0.2, 0.25) is 0 Å². The predicted molar refractivity (Wildman–Crippen MR) is 68.9 cm³/mol. The number of hydrogen-bond donors (Lipinski definition) is 0. The molecule has 88 valence electrons. The molecule has 2 aromatic carbocycles. The van der Waals surface area contributed by atoms with E-state index in [2.05, 4.69) is 0 Å². The smallest absolute Gasteiger partial charge is 0.174 e. The fourth-order valence-electron chi connectivity index (χ4n) is 2.25. The average Bonchev–Trinajstić information content (AvgIpc) is 2.41. The largest absolute Gasteiger partial charge is 0.293 e. The molecule has 0 bridgehead atoms. The Morgan fingerprint density at radius 1 is 0.944 bits per heavy atom. The summed E-state index contributed by atoms with van der Waals surface area (Å²) in [5, 5.41) is 0. The van der Waals surface area contributed by atoms with E-state index in [1.807, 2.05) is 36.4 Å². The van der Waals surface area contributed by atoms with Gasteiger partial charge in [0.25, 0.3) is 0 Å². The molecule has 3 rings (SSSR count). The number of halogens is 1. The normalized spacial score (nSPS) is 17.6. The van der Waals surface area contributed by atoms with Gasteiger partial charge in [0.05, 0.1) is 5.92 Å². The summed E-state index contributed by atoms with van der Waals surface area (Å²) >= 11 is 0. The van der Waals surface area contributed by atoms with Gasteiger partial charge in [-0.3, -0.25) is 4.79 Å². The van der Waals surface area contributed by atoms with Gasteiger partial charge in [-0.25, -0.2) is 4.39 Å². The molecule has 0 saturated heterocycles. The van der Waals surface area contributed by atoms with Crippen molar-refractivity contribution in [1.82, 2.24) is 0 Å². The number of hydrogen-bond acceptors (Lipinski definition) is 1. The fraction of sp³-hybridized carbons (Fsp3) is 0.0625. The first kappa shape index (κ1) is 10.9. The molecule has 2 aromatic rings. The third-order valence-corrected chi connectivity index (χ3v) is 3.21. The number of ketones is 1. The minimum absolute atomic E-state index is 0.0692. The van der Waals surface area contributed by atoms with Crippen molar-refractivity contribution in [2.45, 2.75) is 5.92 Å². The quantitative estimate of drug-likeness (QED) is 0.738. The topological polar surface area (TPSA) is 17.1 Å². The van der Waals surface area contributed by atoms with Crippen molar-refractivity contribution in [2.75, 3.05) is 0 Å². The Hall–Kier alpha value is -2.22. The van der Waals surface area contributed by atoms with E-state index in [4.69, 9.17) is 0 Å². The van der Waals surface area contributed by atoms with Crippen LogP contribution >= 0.6 is 0 Å². The minimum atomic E-state index is -0.305. The summed E-state index contributed by atoms with van der Waals surface area (Å²) in [6, 6.07) is 13.6. The first-order valence-corrected chi connectivity index (χ1v) is 5.82. The molecule has 0 N–H and O–H groups in total. The van der Waals surface area contributed by atoms with Gasteiger partial charge in [-0.1, -0.05) is 48.6 Å². The molecule has 2 heteroatoms. The van der Waals surface area contributed by atoms with Gasteiger partial charge >= 0.3 is 0 Å². The Balaban J connectivity index is 2.03. The second-order valence-electron chi connectivity index (χ2n) is 4.34. The van der Waals surface area contributed by atoms with Crippen molar-refractivity contribution >= 4 is 11.9 Å². The summed E-state index contributed by atoms with van der Waals surface area (Å²) in [5.41, 5.74) is 2.50. The van der Waals surface area contributed by atoms with E-state index in [-0.39, 0.29) is 17.5 Å². The van der Waals surface area contributed by atoms with Crippen LogP contribution in [0.15, 0.2) is 54.6 Å². The fourth-order valence-corrected chi connectivity index (χ4v) is 2.25. The molecule has 0 spiro atoms. The van der Waals surface area contributed by atoms with Gasteiger partial charge in [0.15, 0.2) is 5.78 Å². The van der Waals surface area contributed by atoms with Crippen molar-refractivity contribution < 1.29 is 9.18 Å². The Morgan fingerprint density at radius 2 is 1.67 bits per heavy atom. The lowest BCUT2D eigenvalue weighted by Gasteiger charge is -2.18. The molecule has 0 aliphatic heterocycles. The van der Waals surface area contributed by atoms with Gasteiger partial charge in [-0.2, -0.15) is 0 Å². The molecule has 0 amide bonds. The monoisotopic (exact) mass is 238 g/mol. The van der Waals surface area contributed by atoms with Crippen molar-refractivity contribution in [1.29, 1.82) is 0 Å². The van der Waals surface area contributed by atoms with E-state index in [0.717, 1.165) is 16.7 Å². The Morgan fingerprint density at radius 3 is 2.44 bits per heavy atom. The van der Waals surface area contributed by atoms with Crippen LogP contribution in [0.5, 0.6) is 0 Å². The molecule has 1 unspecified atom stereocenters. The molecular formula is C16H11FO. The maximum atomic E-state index is 12.9. The molecule has 1 atom stereocenters. The second kappa shape index (κ2) is 4.22. The highest BCUT2D eigenvalue weighted by Gasteiger charge is 2.24. The Kier molecular flexibility index (Phi) is 2.56. The van der Waals surface area contributed by atoms with Gasteiger partial charge in [0.1, 0.15) is 5.82 Å². The van der Waals surface area contributed by atoms with Crippen LogP contribution < -0.4 is 0 Å².